The second-order valence-electron chi connectivity index (χ2n) is 7.81. The zero-order valence-electron chi connectivity index (χ0n) is 17.7. The maximum absolute atomic E-state index is 14.3. The van der Waals surface area contributed by atoms with E-state index >= 15 is 0 Å². The Labute approximate surface area is 189 Å². The molecule has 168 valence electrons. The number of fused-ring (bicyclic) bond motifs is 2. The van der Waals surface area contributed by atoms with Crippen LogP contribution in [0.4, 0.5) is 4.39 Å². The molecule has 0 saturated heterocycles. The van der Waals surface area contributed by atoms with Crippen molar-refractivity contribution in [2.45, 2.75) is 12.5 Å². The highest BCUT2D eigenvalue weighted by Crippen LogP contribution is 2.39. The Hall–Kier alpha value is -3.91. The molecule has 0 radical (unpaired) electrons. The number of rotatable bonds is 6. The summed E-state index contributed by atoms with van der Waals surface area (Å²) in [6.45, 7) is 0.376. The van der Waals surface area contributed by atoms with Gasteiger partial charge in [0, 0.05) is 28.9 Å². The normalized spacial score (nSPS) is 13.6. The lowest BCUT2D eigenvalue weighted by atomic mass is 10.0. The number of benzene rings is 2. The van der Waals surface area contributed by atoms with Gasteiger partial charge in [0.25, 0.3) is 5.91 Å². The number of para-hydroxylation sites is 1. The van der Waals surface area contributed by atoms with E-state index < -0.39 is 17.9 Å². The van der Waals surface area contributed by atoms with Crippen molar-refractivity contribution in [3.63, 3.8) is 0 Å². The number of aromatic amines is 1. The molecule has 0 saturated carbocycles. The number of nitrogens with zero attached hydrogens (tertiary/aromatic N) is 1. The number of carbonyl (C=O) groups excluding carboxylic acids is 1. The van der Waals surface area contributed by atoms with Crippen LogP contribution in [0.25, 0.3) is 22.0 Å². The average molecular weight is 447 g/mol. The molecule has 4 aromatic rings. The summed E-state index contributed by atoms with van der Waals surface area (Å²) in [5.74, 6) is -0.421. The Morgan fingerprint density at radius 2 is 2.03 bits per heavy atom. The fourth-order valence-corrected chi connectivity index (χ4v) is 4.07. The first-order valence-corrected chi connectivity index (χ1v) is 10.7. The fourth-order valence-electron chi connectivity index (χ4n) is 4.07. The number of aliphatic hydroxyl groups is 1. The smallest absolute Gasteiger partial charge is 0.255 e. The van der Waals surface area contributed by atoms with Crippen molar-refractivity contribution in [3.8, 4) is 22.6 Å². The summed E-state index contributed by atoms with van der Waals surface area (Å²) < 4.78 is 25.7. The Bertz CT molecular complexity index is 1320. The largest absolute Gasteiger partial charge is 0.486 e. The highest BCUT2D eigenvalue weighted by Gasteiger charge is 2.25. The second-order valence-corrected chi connectivity index (χ2v) is 7.81. The number of hydrogen-bond acceptors (Lipinski definition) is 5. The number of halogens is 1. The van der Waals surface area contributed by atoms with E-state index in [1.165, 1.54) is 6.20 Å². The second kappa shape index (κ2) is 8.91. The molecule has 7 nitrogen and oxygen atoms in total. The van der Waals surface area contributed by atoms with Crippen LogP contribution >= 0.6 is 0 Å². The quantitative estimate of drug-likeness (QED) is 0.394. The molecule has 0 unspecified atom stereocenters. The van der Waals surface area contributed by atoms with Crippen LogP contribution < -0.4 is 14.8 Å². The number of aromatic nitrogens is 2. The van der Waals surface area contributed by atoms with E-state index in [0.29, 0.717) is 36.7 Å². The van der Waals surface area contributed by atoms with Crippen LogP contribution in [0, 0.1) is 5.95 Å². The van der Waals surface area contributed by atoms with Crippen molar-refractivity contribution in [1.29, 1.82) is 0 Å². The highest BCUT2D eigenvalue weighted by atomic mass is 19.1. The van der Waals surface area contributed by atoms with E-state index in [1.807, 2.05) is 30.5 Å². The molecule has 2 aromatic heterocycles. The summed E-state index contributed by atoms with van der Waals surface area (Å²) in [6, 6.07) is 13.7. The molecule has 0 bridgehead atoms. The predicted octanol–water partition coefficient (Wildman–Crippen LogP) is 3.47. The topological polar surface area (TPSA) is 96.5 Å². The summed E-state index contributed by atoms with van der Waals surface area (Å²) in [4.78, 5) is 20.2. The number of nitrogens with one attached hydrogen (secondary N) is 2. The maximum Gasteiger partial charge on any atom is 0.255 e. The Morgan fingerprint density at radius 3 is 2.88 bits per heavy atom. The lowest BCUT2D eigenvalue weighted by Gasteiger charge is -2.23. The van der Waals surface area contributed by atoms with Gasteiger partial charge in [-0.1, -0.05) is 18.2 Å². The maximum atomic E-state index is 14.3. The monoisotopic (exact) mass is 447 g/mol. The van der Waals surface area contributed by atoms with Crippen molar-refractivity contribution >= 4 is 16.8 Å². The summed E-state index contributed by atoms with van der Waals surface area (Å²) in [5, 5.41) is 13.9. The molecule has 1 amide bonds. The molecule has 33 heavy (non-hydrogen) atoms. The van der Waals surface area contributed by atoms with Crippen molar-refractivity contribution in [2.75, 3.05) is 19.8 Å². The standard InChI is InChI=1S/C25H22FN3O4/c26-24-19(5-3-7-27-24)15-11-20(23-22(12-15)32-8-9-33-23)25(31)29-17(14-30)10-16-13-28-21-6-2-1-4-18(16)21/h1-7,11-13,17,28,30H,8-10,14H2,(H,29,31)/t17-/m1/s1. The minimum atomic E-state index is -0.645. The summed E-state index contributed by atoms with van der Waals surface area (Å²) in [5.41, 5.74) is 2.88. The van der Waals surface area contributed by atoms with Crippen LogP contribution in [-0.4, -0.2) is 46.8 Å². The molecule has 0 spiro atoms. The van der Waals surface area contributed by atoms with E-state index in [2.05, 4.69) is 15.3 Å². The summed E-state index contributed by atoms with van der Waals surface area (Å²) >= 11 is 0. The molecular formula is C25H22FN3O4. The van der Waals surface area contributed by atoms with Crippen molar-refractivity contribution in [1.82, 2.24) is 15.3 Å². The lowest BCUT2D eigenvalue weighted by molar-refractivity contribution is 0.0906. The first kappa shape index (κ1) is 21.0. The molecule has 8 heteroatoms. The SMILES string of the molecule is O=C(N[C@@H](CO)Cc1c[nH]c2ccccc12)c1cc(-c2cccnc2F)cc2c1OCCO2. The van der Waals surface area contributed by atoms with Crippen molar-refractivity contribution < 1.29 is 23.8 Å². The highest BCUT2D eigenvalue weighted by molar-refractivity contribution is 5.99. The van der Waals surface area contributed by atoms with Gasteiger partial charge in [-0.3, -0.25) is 4.79 Å². The van der Waals surface area contributed by atoms with Gasteiger partial charge in [0.05, 0.1) is 18.2 Å². The van der Waals surface area contributed by atoms with Crippen molar-refractivity contribution in [3.05, 3.63) is 78.0 Å². The molecule has 2 aromatic carbocycles. The molecule has 3 N–H and O–H groups in total. The van der Waals surface area contributed by atoms with E-state index in [-0.39, 0.29) is 17.7 Å². The van der Waals surface area contributed by atoms with Gasteiger partial charge in [-0.15, -0.1) is 0 Å². The van der Waals surface area contributed by atoms with Gasteiger partial charge in [0.1, 0.15) is 13.2 Å². The summed E-state index contributed by atoms with van der Waals surface area (Å²) in [6.07, 6.45) is 3.67. The van der Waals surface area contributed by atoms with Gasteiger partial charge in [0.2, 0.25) is 5.95 Å². The van der Waals surface area contributed by atoms with Crippen LogP contribution in [-0.2, 0) is 6.42 Å². The van der Waals surface area contributed by atoms with Gasteiger partial charge in [0.15, 0.2) is 11.5 Å². The number of amides is 1. The minimum Gasteiger partial charge on any atom is -0.486 e. The third-order valence-electron chi connectivity index (χ3n) is 5.65. The van der Waals surface area contributed by atoms with Crippen molar-refractivity contribution in [2.24, 2.45) is 0 Å². The minimum absolute atomic E-state index is 0.211. The van der Waals surface area contributed by atoms with Crippen LogP contribution in [0.1, 0.15) is 15.9 Å². The number of H-pyrrole nitrogens is 1. The van der Waals surface area contributed by atoms with Crippen LogP contribution in [0.15, 0.2) is 60.9 Å². The van der Waals surface area contributed by atoms with E-state index in [9.17, 15) is 14.3 Å². The Morgan fingerprint density at radius 1 is 1.18 bits per heavy atom. The lowest BCUT2D eigenvalue weighted by Crippen LogP contribution is -2.39. The van der Waals surface area contributed by atoms with Crippen LogP contribution in [0.3, 0.4) is 0 Å². The van der Waals surface area contributed by atoms with E-state index in [0.717, 1.165) is 16.5 Å². The molecule has 1 aliphatic rings. The van der Waals surface area contributed by atoms with Gasteiger partial charge in [-0.25, -0.2) is 4.98 Å². The third-order valence-corrected chi connectivity index (χ3v) is 5.65. The first-order chi connectivity index (χ1) is 16.1. The number of hydrogen-bond donors (Lipinski definition) is 3. The molecule has 0 fully saturated rings. The molecule has 3 heterocycles. The third kappa shape index (κ3) is 4.12. The van der Waals surface area contributed by atoms with E-state index in [1.54, 1.807) is 24.3 Å². The molecular weight excluding hydrogens is 425 g/mol. The predicted molar refractivity (Wildman–Crippen MR) is 121 cm³/mol. The van der Waals surface area contributed by atoms with Gasteiger partial charge >= 0.3 is 0 Å². The molecule has 1 atom stereocenters. The zero-order valence-corrected chi connectivity index (χ0v) is 17.7. The Kier molecular flexibility index (Phi) is 5.66. The van der Waals surface area contributed by atoms with Gasteiger partial charge in [-0.2, -0.15) is 4.39 Å². The molecule has 0 aliphatic carbocycles. The first-order valence-electron chi connectivity index (χ1n) is 10.7. The number of aliphatic hydroxyl groups excluding tert-OH is 1. The van der Waals surface area contributed by atoms with E-state index in [4.69, 9.17) is 9.47 Å². The molecule has 1 aliphatic heterocycles. The number of ether oxygens (including phenoxy) is 2. The average Bonchev–Trinajstić information content (AvgIpc) is 3.26. The Balaban J connectivity index is 1.45. The zero-order chi connectivity index (χ0) is 22.8. The summed E-state index contributed by atoms with van der Waals surface area (Å²) in [7, 11) is 0. The fraction of sp³-hybridized carbons (Fsp3) is 0.200. The van der Waals surface area contributed by atoms with Gasteiger partial charge < -0.3 is 24.9 Å². The van der Waals surface area contributed by atoms with Gasteiger partial charge in [-0.05, 0) is 47.9 Å². The van der Waals surface area contributed by atoms with Crippen LogP contribution in [0.5, 0.6) is 11.5 Å². The molecule has 5 rings (SSSR count). The number of carbonyl (C=O) groups is 1. The number of pyridine rings is 1. The van der Waals surface area contributed by atoms with Crippen LogP contribution in [0.2, 0.25) is 0 Å².